The molecule has 4 rings (SSSR count). The SMILES string of the molecule is CCn1c(-c2nonc2N)nc2cncc(Sc3ccc(NC(C)=O)cc3)c21. The summed E-state index contributed by atoms with van der Waals surface area (Å²) in [6.07, 6.45) is 3.51. The number of hydrogen-bond acceptors (Lipinski definition) is 8. The first-order valence-electron chi connectivity index (χ1n) is 8.55. The Bertz CT molecular complexity index is 1150. The number of carbonyl (C=O) groups excluding carboxylic acids is 1. The molecule has 3 N–H and O–H groups in total. The van der Waals surface area contributed by atoms with Gasteiger partial charge in [0.15, 0.2) is 17.3 Å². The van der Waals surface area contributed by atoms with Crippen molar-refractivity contribution in [3.05, 3.63) is 36.7 Å². The van der Waals surface area contributed by atoms with Gasteiger partial charge >= 0.3 is 0 Å². The predicted molar refractivity (Wildman–Crippen MR) is 106 cm³/mol. The summed E-state index contributed by atoms with van der Waals surface area (Å²) in [6, 6.07) is 7.62. The first-order chi connectivity index (χ1) is 13.6. The summed E-state index contributed by atoms with van der Waals surface area (Å²) in [5, 5.41) is 10.3. The average Bonchev–Trinajstić information content (AvgIpc) is 3.26. The molecule has 10 heteroatoms. The fourth-order valence-corrected chi connectivity index (χ4v) is 3.86. The monoisotopic (exact) mass is 395 g/mol. The van der Waals surface area contributed by atoms with Crippen LogP contribution in [0.4, 0.5) is 11.5 Å². The van der Waals surface area contributed by atoms with Gasteiger partial charge in [-0.05, 0) is 41.5 Å². The van der Waals surface area contributed by atoms with Crippen LogP contribution in [0.5, 0.6) is 0 Å². The van der Waals surface area contributed by atoms with E-state index >= 15 is 0 Å². The minimum absolute atomic E-state index is 0.102. The van der Waals surface area contributed by atoms with Crippen LogP contribution in [0.25, 0.3) is 22.6 Å². The van der Waals surface area contributed by atoms with E-state index in [4.69, 9.17) is 10.4 Å². The lowest BCUT2D eigenvalue weighted by Crippen LogP contribution is -2.05. The summed E-state index contributed by atoms with van der Waals surface area (Å²) >= 11 is 1.56. The van der Waals surface area contributed by atoms with Gasteiger partial charge in [-0.1, -0.05) is 11.8 Å². The number of nitrogens with one attached hydrogen (secondary N) is 1. The number of nitrogens with zero attached hydrogens (tertiary/aromatic N) is 5. The molecule has 0 spiro atoms. The van der Waals surface area contributed by atoms with Gasteiger partial charge in [-0.3, -0.25) is 9.78 Å². The molecule has 0 aliphatic heterocycles. The minimum Gasteiger partial charge on any atom is -0.379 e. The predicted octanol–water partition coefficient (Wildman–Crippen LogP) is 3.19. The first-order valence-corrected chi connectivity index (χ1v) is 9.36. The molecular formula is C18H17N7O2S. The quantitative estimate of drug-likeness (QED) is 0.528. The molecular weight excluding hydrogens is 378 g/mol. The van der Waals surface area contributed by atoms with Gasteiger partial charge < -0.3 is 15.6 Å². The summed E-state index contributed by atoms with van der Waals surface area (Å²) < 4.78 is 6.75. The number of imidazole rings is 1. The van der Waals surface area contributed by atoms with Gasteiger partial charge in [-0.2, -0.15) is 0 Å². The number of rotatable bonds is 5. The van der Waals surface area contributed by atoms with Gasteiger partial charge in [0, 0.05) is 30.2 Å². The van der Waals surface area contributed by atoms with Crippen molar-refractivity contribution in [2.75, 3.05) is 11.1 Å². The molecule has 0 unspecified atom stereocenters. The lowest BCUT2D eigenvalue weighted by atomic mass is 10.3. The van der Waals surface area contributed by atoms with Crippen LogP contribution in [0, 0.1) is 0 Å². The number of fused-ring (bicyclic) bond motifs is 1. The van der Waals surface area contributed by atoms with Crippen LogP contribution in [-0.2, 0) is 11.3 Å². The molecule has 142 valence electrons. The maximum atomic E-state index is 11.2. The van der Waals surface area contributed by atoms with Crippen molar-refractivity contribution in [3.8, 4) is 11.5 Å². The standard InChI is InChI=1S/C18H17N7O2S/c1-3-25-16-13(22-18(25)15-17(19)24-27-23-15)8-20-9-14(16)28-12-6-4-11(5-7-12)21-10(2)26/h4-9H,3H2,1-2H3,(H2,19,24)(H,21,26). The molecule has 1 aromatic carbocycles. The van der Waals surface area contributed by atoms with Crippen LogP contribution >= 0.6 is 11.8 Å². The fraction of sp³-hybridized carbons (Fsp3) is 0.167. The summed E-state index contributed by atoms with van der Waals surface area (Å²) in [7, 11) is 0. The highest BCUT2D eigenvalue weighted by atomic mass is 32.2. The van der Waals surface area contributed by atoms with E-state index in [0.717, 1.165) is 26.5 Å². The van der Waals surface area contributed by atoms with Crippen molar-refractivity contribution in [3.63, 3.8) is 0 Å². The Hall–Kier alpha value is -3.40. The Morgan fingerprint density at radius 3 is 2.68 bits per heavy atom. The molecule has 3 aromatic heterocycles. The molecule has 0 aliphatic carbocycles. The van der Waals surface area contributed by atoms with Crippen molar-refractivity contribution in [1.29, 1.82) is 0 Å². The van der Waals surface area contributed by atoms with Crippen LogP contribution < -0.4 is 11.1 Å². The zero-order chi connectivity index (χ0) is 19.7. The van der Waals surface area contributed by atoms with E-state index in [-0.39, 0.29) is 11.7 Å². The maximum absolute atomic E-state index is 11.2. The highest BCUT2D eigenvalue weighted by Gasteiger charge is 2.20. The van der Waals surface area contributed by atoms with E-state index < -0.39 is 0 Å². The smallest absolute Gasteiger partial charge is 0.221 e. The van der Waals surface area contributed by atoms with E-state index in [1.807, 2.05) is 35.8 Å². The van der Waals surface area contributed by atoms with Crippen molar-refractivity contribution in [1.82, 2.24) is 24.8 Å². The summed E-state index contributed by atoms with van der Waals surface area (Å²) in [4.78, 5) is 22.1. The molecule has 9 nitrogen and oxygen atoms in total. The number of hydrogen-bond donors (Lipinski definition) is 2. The number of anilines is 2. The Morgan fingerprint density at radius 2 is 2.04 bits per heavy atom. The lowest BCUT2D eigenvalue weighted by Gasteiger charge is -2.09. The third-order valence-electron chi connectivity index (χ3n) is 4.06. The molecule has 3 heterocycles. The number of amides is 1. The summed E-state index contributed by atoms with van der Waals surface area (Å²) in [5.74, 6) is 0.684. The number of benzene rings is 1. The Kier molecular flexibility index (Phi) is 4.70. The second-order valence-electron chi connectivity index (χ2n) is 5.99. The normalized spacial score (nSPS) is 11.1. The van der Waals surface area contributed by atoms with Gasteiger partial charge in [-0.25, -0.2) is 9.61 Å². The van der Waals surface area contributed by atoms with Crippen LogP contribution in [0.3, 0.4) is 0 Å². The van der Waals surface area contributed by atoms with Crippen molar-refractivity contribution < 1.29 is 9.42 Å². The minimum atomic E-state index is -0.102. The topological polar surface area (TPSA) is 125 Å². The van der Waals surface area contributed by atoms with E-state index in [0.29, 0.717) is 18.1 Å². The van der Waals surface area contributed by atoms with Gasteiger partial charge in [0.1, 0.15) is 5.52 Å². The molecule has 0 bridgehead atoms. The maximum Gasteiger partial charge on any atom is 0.221 e. The first kappa shape index (κ1) is 18.0. The molecule has 0 atom stereocenters. The number of pyridine rings is 1. The molecule has 0 radical (unpaired) electrons. The van der Waals surface area contributed by atoms with Gasteiger partial charge in [0.25, 0.3) is 0 Å². The number of aryl methyl sites for hydroxylation is 1. The third kappa shape index (κ3) is 3.29. The zero-order valence-corrected chi connectivity index (χ0v) is 16.0. The van der Waals surface area contributed by atoms with Crippen LogP contribution in [0.2, 0.25) is 0 Å². The highest BCUT2D eigenvalue weighted by Crippen LogP contribution is 2.36. The second kappa shape index (κ2) is 7.31. The molecule has 0 aliphatic rings. The summed E-state index contributed by atoms with van der Waals surface area (Å²) in [5.41, 5.74) is 8.69. The largest absolute Gasteiger partial charge is 0.379 e. The van der Waals surface area contributed by atoms with Gasteiger partial charge in [0.05, 0.1) is 16.6 Å². The second-order valence-corrected chi connectivity index (χ2v) is 7.11. The average molecular weight is 395 g/mol. The number of nitrogens with two attached hydrogens (primary N) is 1. The van der Waals surface area contributed by atoms with Crippen LogP contribution in [0.15, 0.2) is 51.1 Å². The van der Waals surface area contributed by atoms with Crippen molar-refractivity contribution in [2.24, 2.45) is 0 Å². The Balaban J connectivity index is 1.75. The molecule has 0 saturated heterocycles. The number of nitrogen functional groups attached to an aromatic ring is 1. The Labute approximate surface area is 164 Å². The van der Waals surface area contributed by atoms with E-state index in [2.05, 4.69) is 25.6 Å². The van der Waals surface area contributed by atoms with Crippen molar-refractivity contribution >= 4 is 40.2 Å². The number of carbonyl (C=O) groups is 1. The molecule has 0 saturated carbocycles. The molecule has 0 fully saturated rings. The van der Waals surface area contributed by atoms with Crippen molar-refractivity contribution in [2.45, 2.75) is 30.2 Å². The van der Waals surface area contributed by atoms with E-state index in [9.17, 15) is 4.79 Å². The zero-order valence-electron chi connectivity index (χ0n) is 15.2. The molecule has 4 aromatic rings. The molecule has 28 heavy (non-hydrogen) atoms. The summed E-state index contributed by atoms with van der Waals surface area (Å²) in [6.45, 7) is 4.16. The van der Waals surface area contributed by atoms with Crippen LogP contribution in [-0.4, -0.2) is 30.8 Å². The lowest BCUT2D eigenvalue weighted by molar-refractivity contribution is -0.114. The fourth-order valence-electron chi connectivity index (χ4n) is 2.91. The van der Waals surface area contributed by atoms with E-state index in [1.54, 1.807) is 24.2 Å². The number of aromatic nitrogens is 5. The Morgan fingerprint density at radius 1 is 1.25 bits per heavy atom. The van der Waals surface area contributed by atoms with E-state index in [1.165, 1.54) is 6.92 Å². The highest BCUT2D eigenvalue weighted by molar-refractivity contribution is 7.99. The van der Waals surface area contributed by atoms with Gasteiger partial charge in [0.2, 0.25) is 5.91 Å². The third-order valence-corrected chi connectivity index (χ3v) is 5.09. The van der Waals surface area contributed by atoms with Crippen LogP contribution in [0.1, 0.15) is 13.8 Å². The molecule has 1 amide bonds. The van der Waals surface area contributed by atoms with Gasteiger partial charge in [-0.15, -0.1) is 0 Å².